The van der Waals surface area contributed by atoms with E-state index in [9.17, 15) is 4.79 Å². The summed E-state index contributed by atoms with van der Waals surface area (Å²) in [6, 6.07) is 14.2. The molecule has 6 rings (SSSR count). The van der Waals surface area contributed by atoms with Gasteiger partial charge in [-0.15, -0.1) is 0 Å². The summed E-state index contributed by atoms with van der Waals surface area (Å²) in [5, 5.41) is 6.62. The molecule has 4 aromatic heterocycles. The number of halogens is 2. The van der Waals surface area contributed by atoms with Crippen molar-refractivity contribution >= 4 is 61.9 Å². The Morgan fingerprint density at radius 2 is 1.94 bits per heavy atom. The van der Waals surface area contributed by atoms with Crippen molar-refractivity contribution < 1.29 is 4.42 Å². The van der Waals surface area contributed by atoms with E-state index in [-0.39, 0.29) is 16.4 Å². The Morgan fingerprint density at radius 1 is 1.09 bits per heavy atom. The van der Waals surface area contributed by atoms with Crippen LogP contribution in [0.2, 0.25) is 10.2 Å². The van der Waals surface area contributed by atoms with E-state index < -0.39 is 0 Å². The summed E-state index contributed by atoms with van der Waals surface area (Å²) in [5.74, 6) is 0. The van der Waals surface area contributed by atoms with Gasteiger partial charge in [0.1, 0.15) is 11.1 Å². The molecule has 2 N–H and O–H groups in total. The highest BCUT2D eigenvalue weighted by molar-refractivity contribution is 6.32. The molecule has 0 bridgehead atoms. The maximum absolute atomic E-state index is 14.0. The molecule has 0 amide bonds. The van der Waals surface area contributed by atoms with Crippen LogP contribution in [-0.4, -0.2) is 19.3 Å². The highest BCUT2D eigenvalue weighted by Gasteiger charge is 2.24. The van der Waals surface area contributed by atoms with Crippen LogP contribution in [0.15, 0.2) is 70.1 Å². The van der Waals surface area contributed by atoms with Crippen molar-refractivity contribution in [1.82, 2.24) is 19.3 Å². The van der Waals surface area contributed by atoms with Gasteiger partial charge in [-0.25, -0.2) is 4.98 Å². The fourth-order valence-corrected chi connectivity index (χ4v) is 4.64. The minimum absolute atomic E-state index is 0.177. The monoisotopic (exact) mass is 475 g/mol. The van der Waals surface area contributed by atoms with E-state index in [0.717, 1.165) is 10.9 Å². The second-order valence-electron chi connectivity index (χ2n) is 7.74. The second kappa shape index (κ2) is 7.10. The first-order chi connectivity index (χ1) is 15.9. The van der Waals surface area contributed by atoms with Crippen LogP contribution in [0.25, 0.3) is 49.8 Å². The number of nitrogens with two attached hydrogens (primary N) is 1. The summed E-state index contributed by atoms with van der Waals surface area (Å²) in [5.41, 5.74) is 10.1. The Bertz CT molecular complexity index is 1800. The van der Waals surface area contributed by atoms with Crippen molar-refractivity contribution in [2.75, 3.05) is 5.73 Å². The summed E-state index contributed by atoms with van der Waals surface area (Å²) in [6.07, 6.45) is 3.44. The van der Waals surface area contributed by atoms with E-state index in [4.69, 9.17) is 33.4 Å². The van der Waals surface area contributed by atoms with Gasteiger partial charge in [0.15, 0.2) is 10.7 Å². The molecule has 0 spiro atoms. The molecule has 0 atom stereocenters. The van der Waals surface area contributed by atoms with Gasteiger partial charge < -0.3 is 10.2 Å². The van der Waals surface area contributed by atoms with E-state index in [0.29, 0.717) is 43.9 Å². The van der Waals surface area contributed by atoms with Gasteiger partial charge in [-0.05, 0) is 48.0 Å². The summed E-state index contributed by atoms with van der Waals surface area (Å²) >= 11 is 12.7. The molecule has 0 unspecified atom stereocenters. The third-order valence-corrected chi connectivity index (χ3v) is 6.19. The molecule has 0 aliphatic heterocycles. The van der Waals surface area contributed by atoms with E-state index in [1.807, 2.05) is 31.4 Å². The SMILES string of the molecule is Cn1cc2cc(-c3c(N)c4oc5ccc(Cl)cc5c4n(-c4cccnc4Cl)c3=O)ccc2n1. The van der Waals surface area contributed by atoms with Gasteiger partial charge in [-0.3, -0.25) is 14.0 Å². The molecule has 33 heavy (non-hydrogen) atoms. The molecule has 0 aliphatic rings. The molecule has 0 saturated carbocycles. The van der Waals surface area contributed by atoms with Crippen molar-refractivity contribution in [2.45, 2.75) is 0 Å². The van der Waals surface area contributed by atoms with Crippen LogP contribution in [0.1, 0.15) is 0 Å². The van der Waals surface area contributed by atoms with Crippen molar-refractivity contribution in [2.24, 2.45) is 7.05 Å². The predicted octanol–water partition coefficient (Wildman–Crippen LogP) is 5.57. The molecule has 9 heteroatoms. The number of pyridine rings is 2. The molecule has 0 saturated heterocycles. The standard InChI is InChI=1S/C24H15Cl2N5O2/c1-30-11-13-9-12(4-6-16(13)29-30)19-20(27)22-21(15-10-14(25)5-7-18(15)33-22)31(24(19)32)17-3-2-8-28-23(17)26/h2-11H,27H2,1H3. The summed E-state index contributed by atoms with van der Waals surface area (Å²) in [4.78, 5) is 18.2. The first kappa shape index (κ1) is 19.8. The van der Waals surface area contributed by atoms with Crippen LogP contribution in [-0.2, 0) is 7.05 Å². The van der Waals surface area contributed by atoms with Crippen molar-refractivity contribution in [3.63, 3.8) is 0 Å². The largest absolute Gasteiger partial charge is 0.452 e. The Morgan fingerprint density at radius 3 is 2.76 bits per heavy atom. The molecule has 162 valence electrons. The number of benzene rings is 2. The lowest BCUT2D eigenvalue weighted by atomic mass is 10.0. The third-order valence-electron chi connectivity index (χ3n) is 5.67. The summed E-state index contributed by atoms with van der Waals surface area (Å²) < 4.78 is 9.34. The van der Waals surface area contributed by atoms with Crippen molar-refractivity contribution in [3.8, 4) is 16.8 Å². The number of aryl methyl sites for hydroxylation is 1. The first-order valence-electron chi connectivity index (χ1n) is 10.0. The Balaban J connectivity index is 1.80. The number of hydrogen-bond donors (Lipinski definition) is 1. The topological polar surface area (TPSA) is 91.9 Å². The van der Waals surface area contributed by atoms with Crippen LogP contribution >= 0.6 is 23.2 Å². The molecule has 6 aromatic rings. The zero-order valence-electron chi connectivity index (χ0n) is 17.2. The number of anilines is 1. The van der Waals surface area contributed by atoms with Gasteiger partial charge in [-0.2, -0.15) is 5.10 Å². The lowest BCUT2D eigenvalue weighted by Gasteiger charge is -2.14. The van der Waals surface area contributed by atoms with Gasteiger partial charge in [0.25, 0.3) is 5.56 Å². The highest BCUT2D eigenvalue weighted by Crippen LogP contribution is 2.39. The maximum Gasteiger partial charge on any atom is 0.265 e. The van der Waals surface area contributed by atoms with Gasteiger partial charge >= 0.3 is 0 Å². The molecular weight excluding hydrogens is 461 g/mol. The lowest BCUT2D eigenvalue weighted by molar-refractivity contribution is 0.668. The molecule has 2 aromatic carbocycles. The minimum Gasteiger partial charge on any atom is -0.452 e. The van der Waals surface area contributed by atoms with Gasteiger partial charge in [0.05, 0.1) is 22.5 Å². The summed E-state index contributed by atoms with van der Waals surface area (Å²) in [6.45, 7) is 0. The average Bonchev–Trinajstić information content (AvgIpc) is 3.34. The number of fused-ring (bicyclic) bond motifs is 4. The average molecular weight is 476 g/mol. The third kappa shape index (κ3) is 2.93. The van der Waals surface area contributed by atoms with E-state index >= 15 is 0 Å². The van der Waals surface area contributed by atoms with E-state index in [2.05, 4.69) is 10.1 Å². The number of rotatable bonds is 2. The fourth-order valence-electron chi connectivity index (χ4n) is 4.26. The number of hydrogen-bond acceptors (Lipinski definition) is 5. The zero-order valence-corrected chi connectivity index (χ0v) is 18.7. The smallest absolute Gasteiger partial charge is 0.265 e. The molecule has 0 aliphatic carbocycles. The molecule has 0 fully saturated rings. The highest BCUT2D eigenvalue weighted by atomic mass is 35.5. The van der Waals surface area contributed by atoms with Crippen LogP contribution in [0.4, 0.5) is 5.69 Å². The molecule has 0 radical (unpaired) electrons. The Kier molecular flexibility index (Phi) is 4.27. The molecule has 7 nitrogen and oxygen atoms in total. The molecular formula is C24H15Cl2N5O2. The number of furan rings is 1. The van der Waals surface area contributed by atoms with E-state index in [1.165, 1.54) is 4.57 Å². The van der Waals surface area contributed by atoms with Gasteiger partial charge in [0.2, 0.25) is 0 Å². The minimum atomic E-state index is -0.346. The lowest BCUT2D eigenvalue weighted by Crippen LogP contribution is -2.22. The summed E-state index contributed by atoms with van der Waals surface area (Å²) in [7, 11) is 1.84. The van der Waals surface area contributed by atoms with Crippen LogP contribution in [0, 0.1) is 0 Å². The van der Waals surface area contributed by atoms with Crippen LogP contribution in [0.5, 0.6) is 0 Å². The number of aromatic nitrogens is 4. The number of nitrogen functional groups attached to an aromatic ring is 1. The van der Waals surface area contributed by atoms with Gasteiger partial charge in [0, 0.05) is 35.2 Å². The van der Waals surface area contributed by atoms with Crippen LogP contribution < -0.4 is 11.3 Å². The Hall–Kier alpha value is -3.81. The van der Waals surface area contributed by atoms with Crippen molar-refractivity contribution in [3.05, 3.63) is 81.5 Å². The van der Waals surface area contributed by atoms with Gasteiger partial charge in [-0.1, -0.05) is 29.3 Å². The predicted molar refractivity (Wildman–Crippen MR) is 131 cm³/mol. The first-order valence-corrected chi connectivity index (χ1v) is 10.8. The normalized spacial score (nSPS) is 11.7. The zero-order chi connectivity index (χ0) is 22.9. The second-order valence-corrected chi connectivity index (χ2v) is 8.53. The number of nitrogens with zero attached hydrogens (tertiary/aromatic N) is 4. The van der Waals surface area contributed by atoms with E-state index in [1.54, 1.807) is 41.2 Å². The fraction of sp³-hybridized carbons (Fsp3) is 0.0417. The quantitative estimate of drug-likeness (QED) is 0.330. The maximum atomic E-state index is 14.0. The molecule has 4 heterocycles. The Labute approximate surface area is 196 Å². The van der Waals surface area contributed by atoms with Crippen LogP contribution in [0.3, 0.4) is 0 Å². The van der Waals surface area contributed by atoms with Crippen molar-refractivity contribution in [1.29, 1.82) is 0 Å².